The summed E-state index contributed by atoms with van der Waals surface area (Å²) in [5.74, 6) is 0.705. The van der Waals surface area contributed by atoms with Crippen molar-refractivity contribution in [2.45, 2.75) is 70.6 Å². The Hall–Kier alpha value is -0.120. The van der Waals surface area contributed by atoms with Crippen molar-refractivity contribution in [1.29, 1.82) is 0 Å². The van der Waals surface area contributed by atoms with Crippen LogP contribution in [-0.4, -0.2) is 38.0 Å². The molecular formula is C15H29NO2. The lowest BCUT2D eigenvalue weighted by atomic mass is 9.93. The van der Waals surface area contributed by atoms with Crippen LogP contribution in [0.2, 0.25) is 0 Å². The molecule has 0 aromatic rings. The minimum Gasteiger partial charge on any atom is -0.378 e. The van der Waals surface area contributed by atoms with Crippen LogP contribution >= 0.6 is 0 Å². The van der Waals surface area contributed by atoms with Crippen LogP contribution in [0.1, 0.15) is 52.4 Å². The smallest absolute Gasteiger partial charge is 0.0754 e. The van der Waals surface area contributed by atoms with E-state index in [1.807, 2.05) is 0 Å². The van der Waals surface area contributed by atoms with Crippen molar-refractivity contribution in [2.24, 2.45) is 5.92 Å². The molecule has 1 N–H and O–H groups in total. The molecule has 3 nitrogen and oxygen atoms in total. The van der Waals surface area contributed by atoms with Crippen molar-refractivity contribution in [3.05, 3.63) is 0 Å². The van der Waals surface area contributed by atoms with Gasteiger partial charge in [0.2, 0.25) is 0 Å². The second kappa shape index (κ2) is 7.46. The van der Waals surface area contributed by atoms with Gasteiger partial charge in [-0.3, -0.25) is 0 Å². The zero-order valence-corrected chi connectivity index (χ0v) is 12.0. The highest BCUT2D eigenvalue weighted by Crippen LogP contribution is 2.26. The Bertz CT molecular complexity index is 229. The number of nitrogens with one attached hydrogen (secondary N) is 1. The van der Waals surface area contributed by atoms with Gasteiger partial charge in [-0.25, -0.2) is 0 Å². The Balaban J connectivity index is 1.71. The van der Waals surface area contributed by atoms with Crippen molar-refractivity contribution in [2.75, 3.05) is 19.8 Å². The maximum Gasteiger partial charge on any atom is 0.0754 e. The Morgan fingerprint density at radius 3 is 2.72 bits per heavy atom. The fourth-order valence-electron chi connectivity index (χ4n) is 3.31. The van der Waals surface area contributed by atoms with Gasteiger partial charge >= 0.3 is 0 Å². The summed E-state index contributed by atoms with van der Waals surface area (Å²) in [6, 6.07) is 0.536. The molecule has 0 bridgehead atoms. The molecule has 2 saturated heterocycles. The van der Waals surface area contributed by atoms with Gasteiger partial charge in [-0.2, -0.15) is 0 Å². The quantitative estimate of drug-likeness (QED) is 0.759. The highest BCUT2D eigenvalue weighted by Gasteiger charge is 2.31. The summed E-state index contributed by atoms with van der Waals surface area (Å²) in [6.45, 7) is 7.47. The average molecular weight is 255 g/mol. The summed E-state index contributed by atoms with van der Waals surface area (Å²) < 4.78 is 11.6. The van der Waals surface area contributed by atoms with Crippen LogP contribution in [0.5, 0.6) is 0 Å². The van der Waals surface area contributed by atoms with Gasteiger partial charge in [0, 0.05) is 19.3 Å². The molecule has 18 heavy (non-hydrogen) atoms. The number of likely N-dealkylation sites (N-methyl/N-ethyl adjacent to an activating group) is 1. The number of ether oxygens (including phenoxy) is 2. The van der Waals surface area contributed by atoms with Gasteiger partial charge in [-0.15, -0.1) is 0 Å². The Morgan fingerprint density at radius 1 is 1.22 bits per heavy atom. The first-order valence-corrected chi connectivity index (χ1v) is 7.78. The third-order valence-corrected chi connectivity index (χ3v) is 4.37. The topological polar surface area (TPSA) is 30.5 Å². The maximum atomic E-state index is 5.91. The molecular weight excluding hydrogens is 226 g/mol. The third kappa shape index (κ3) is 3.94. The van der Waals surface area contributed by atoms with E-state index < -0.39 is 0 Å². The molecule has 2 fully saturated rings. The van der Waals surface area contributed by atoms with Gasteiger partial charge in [0.1, 0.15) is 0 Å². The number of rotatable bonds is 7. The molecule has 4 unspecified atom stereocenters. The Labute approximate surface area is 112 Å². The Kier molecular flexibility index (Phi) is 5.93. The van der Waals surface area contributed by atoms with E-state index in [9.17, 15) is 0 Å². The zero-order chi connectivity index (χ0) is 12.8. The van der Waals surface area contributed by atoms with Gasteiger partial charge in [-0.1, -0.05) is 13.8 Å². The standard InChI is InChI=1S/C15H29NO2/c1-3-16-14(15-12(2)9-11-18-15)8-4-6-13-7-5-10-17-13/h12-16H,3-11H2,1-2H3. The minimum atomic E-state index is 0.425. The monoisotopic (exact) mass is 255 g/mol. The largest absolute Gasteiger partial charge is 0.378 e. The molecule has 2 aliphatic heterocycles. The van der Waals surface area contributed by atoms with E-state index >= 15 is 0 Å². The van der Waals surface area contributed by atoms with E-state index in [-0.39, 0.29) is 0 Å². The van der Waals surface area contributed by atoms with Gasteiger partial charge < -0.3 is 14.8 Å². The third-order valence-electron chi connectivity index (χ3n) is 4.37. The predicted octanol–water partition coefficient (Wildman–Crippen LogP) is 2.74. The Morgan fingerprint density at radius 2 is 2.11 bits per heavy atom. The minimum absolute atomic E-state index is 0.425. The molecule has 4 atom stereocenters. The normalized spacial score (nSPS) is 34.0. The second-order valence-electron chi connectivity index (χ2n) is 5.83. The summed E-state index contributed by atoms with van der Waals surface area (Å²) in [5.41, 5.74) is 0. The van der Waals surface area contributed by atoms with Crippen molar-refractivity contribution in [3.8, 4) is 0 Å². The van der Waals surface area contributed by atoms with Crippen LogP contribution in [0.3, 0.4) is 0 Å². The van der Waals surface area contributed by atoms with Gasteiger partial charge in [-0.05, 0) is 51.0 Å². The molecule has 2 heterocycles. The second-order valence-corrected chi connectivity index (χ2v) is 5.83. The molecule has 0 spiro atoms. The summed E-state index contributed by atoms with van der Waals surface area (Å²) in [7, 11) is 0. The van der Waals surface area contributed by atoms with Crippen LogP contribution < -0.4 is 5.32 Å². The number of hydrogen-bond acceptors (Lipinski definition) is 3. The fourth-order valence-corrected chi connectivity index (χ4v) is 3.31. The first kappa shape index (κ1) is 14.3. The summed E-state index contributed by atoms with van der Waals surface area (Å²) in [5, 5.41) is 3.61. The molecule has 0 amide bonds. The fraction of sp³-hybridized carbons (Fsp3) is 1.00. The van der Waals surface area contributed by atoms with E-state index in [1.54, 1.807) is 0 Å². The highest BCUT2D eigenvalue weighted by molar-refractivity contribution is 4.85. The average Bonchev–Trinajstić information content (AvgIpc) is 2.99. The van der Waals surface area contributed by atoms with Gasteiger partial charge in [0.05, 0.1) is 12.2 Å². The van der Waals surface area contributed by atoms with Gasteiger partial charge in [0.15, 0.2) is 0 Å². The molecule has 0 saturated carbocycles. The molecule has 0 aromatic carbocycles. The lowest BCUT2D eigenvalue weighted by Gasteiger charge is -2.27. The summed E-state index contributed by atoms with van der Waals surface area (Å²) >= 11 is 0. The molecule has 2 rings (SSSR count). The maximum absolute atomic E-state index is 5.91. The van der Waals surface area contributed by atoms with E-state index in [0.29, 0.717) is 24.2 Å². The lowest BCUT2D eigenvalue weighted by Crippen LogP contribution is -2.42. The van der Waals surface area contributed by atoms with Crippen molar-refractivity contribution >= 4 is 0 Å². The molecule has 0 aromatic heterocycles. The van der Waals surface area contributed by atoms with Crippen LogP contribution in [0.25, 0.3) is 0 Å². The number of hydrogen-bond donors (Lipinski definition) is 1. The van der Waals surface area contributed by atoms with E-state index in [0.717, 1.165) is 19.8 Å². The van der Waals surface area contributed by atoms with E-state index in [1.165, 1.54) is 38.5 Å². The van der Waals surface area contributed by atoms with Crippen LogP contribution in [0.4, 0.5) is 0 Å². The van der Waals surface area contributed by atoms with Crippen molar-refractivity contribution < 1.29 is 9.47 Å². The van der Waals surface area contributed by atoms with Crippen molar-refractivity contribution in [1.82, 2.24) is 5.32 Å². The molecule has 106 valence electrons. The zero-order valence-electron chi connectivity index (χ0n) is 12.0. The summed E-state index contributed by atoms with van der Waals surface area (Å²) in [4.78, 5) is 0. The molecule has 0 aliphatic carbocycles. The first-order valence-electron chi connectivity index (χ1n) is 7.78. The molecule has 0 radical (unpaired) electrons. The van der Waals surface area contributed by atoms with E-state index in [4.69, 9.17) is 9.47 Å². The van der Waals surface area contributed by atoms with Crippen LogP contribution in [0.15, 0.2) is 0 Å². The van der Waals surface area contributed by atoms with Crippen LogP contribution in [-0.2, 0) is 9.47 Å². The highest BCUT2D eigenvalue weighted by atomic mass is 16.5. The predicted molar refractivity (Wildman–Crippen MR) is 73.8 cm³/mol. The first-order chi connectivity index (χ1) is 8.81. The van der Waals surface area contributed by atoms with E-state index in [2.05, 4.69) is 19.2 Å². The lowest BCUT2D eigenvalue weighted by molar-refractivity contribution is 0.0545. The van der Waals surface area contributed by atoms with Crippen molar-refractivity contribution in [3.63, 3.8) is 0 Å². The van der Waals surface area contributed by atoms with Crippen LogP contribution in [0, 0.1) is 5.92 Å². The van der Waals surface area contributed by atoms with Gasteiger partial charge in [0.25, 0.3) is 0 Å². The summed E-state index contributed by atoms with van der Waals surface area (Å²) in [6.07, 6.45) is 8.41. The molecule has 3 heteroatoms. The SMILES string of the molecule is CCNC(CCCC1CCCO1)C1OCCC1C. The molecule has 2 aliphatic rings.